The number of amides is 3. The van der Waals surface area contributed by atoms with E-state index in [-0.39, 0.29) is 10.7 Å². The van der Waals surface area contributed by atoms with Crippen LogP contribution in [-0.2, 0) is 0 Å². The number of hydrogen-bond acceptors (Lipinski definition) is 2. The monoisotopic (exact) mass is 274 g/mol. The van der Waals surface area contributed by atoms with E-state index in [1.807, 2.05) is 0 Å². The number of rotatable bonds is 2. The Hall–Kier alpha value is -2.33. The van der Waals surface area contributed by atoms with Crippen LogP contribution in [0.15, 0.2) is 54.6 Å². The van der Waals surface area contributed by atoms with Crippen molar-refractivity contribution < 1.29 is 9.59 Å². The minimum Gasteiger partial charge on any atom is -0.351 e. The van der Waals surface area contributed by atoms with Gasteiger partial charge in [-0.1, -0.05) is 41.9 Å². The molecule has 0 aromatic heterocycles. The maximum absolute atomic E-state index is 12.3. The zero-order valence-corrected chi connectivity index (χ0v) is 10.7. The highest BCUT2D eigenvalue weighted by molar-refractivity contribution is 6.35. The first-order valence-corrected chi connectivity index (χ1v) is 5.92. The van der Waals surface area contributed by atoms with Crippen molar-refractivity contribution in [3.63, 3.8) is 0 Å². The second-order valence-corrected chi connectivity index (χ2v) is 4.20. The number of imide groups is 1. The van der Waals surface area contributed by atoms with Gasteiger partial charge in [-0.2, -0.15) is 0 Å². The van der Waals surface area contributed by atoms with Gasteiger partial charge < -0.3 is 5.73 Å². The van der Waals surface area contributed by atoms with E-state index < -0.39 is 11.9 Å². The number of carbonyl (C=O) groups is 2. The van der Waals surface area contributed by atoms with Crippen LogP contribution in [0.3, 0.4) is 0 Å². The van der Waals surface area contributed by atoms with Crippen LogP contribution < -0.4 is 10.6 Å². The number of benzene rings is 2. The molecule has 2 aromatic carbocycles. The van der Waals surface area contributed by atoms with Gasteiger partial charge in [0.05, 0.1) is 10.7 Å². The molecule has 19 heavy (non-hydrogen) atoms. The summed E-state index contributed by atoms with van der Waals surface area (Å²) in [5.41, 5.74) is 5.91. The zero-order valence-electron chi connectivity index (χ0n) is 9.92. The molecule has 0 aliphatic carbocycles. The van der Waals surface area contributed by atoms with Crippen LogP contribution >= 0.6 is 11.6 Å². The number of halogens is 1. The van der Waals surface area contributed by atoms with E-state index >= 15 is 0 Å². The molecule has 3 amide bonds. The van der Waals surface area contributed by atoms with E-state index in [9.17, 15) is 9.59 Å². The Morgan fingerprint density at radius 2 is 1.53 bits per heavy atom. The maximum atomic E-state index is 12.3. The largest absolute Gasteiger partial charge is 0.351 e. The lowest BCUT2D eigenvalue weighted by Crippen LogP contribution is -2.41. The third-order valence-corrected chi connectivity index (χ3v) is 2.86. The quantitative estimate of drug-likeness (QED) is 0.915. The number of nitrogens with zero attached hydrogens (tertiary/aromatic N) is 1. The van der Waals surface area contributed by atoms with Gasteiger partial charge in [0, 0.05) is 5.56 Å². The smallest absolute Gasteiger partial charge is 0.326 e. The van der Waals surface area contributed by atoms with Gasteiger partial charge in [0.2, 0.25) is 0 Å². The molecule has 0 aliphatic heterocycles. The van der Waals surface area contributed by atoms with Crippen molar-refractivity contribution >= 4 is 29.2 Å². The van der Waals surface area contributed by atoms with Gasteiger partial charge in [0.1, 0.15) is 0 Å². The normalized spacial score (nSPS) is 9.95. The van der Waals surface area contributed by atoms with Crippen molar-refractivity contribution in [2.75, 3.05) is 4.90 Å². The number of nitrogens with two attached hydrogens (primary N) is 1. The third kappa shape index (κ3) is 2.74. The van der Waals surface area contributed by atoms with Crippen molar-refractivity contribution in [3.8, 4) is 0 Å². The van der Waals surface area contributed by atoms with Gasteiger partial charge >= 0.3 is 6.03 Å². The van der Waals surface area contributed by atoms with E-state index in [0.29, 0.717) is 5.56 Å². The summed E-state index contributed by atoms with van der Waals surface area (Å²) in [7, 11) is 0. The lowest BCUT2D eigenvalue weighted by atomic mass is 10.2. The van der Waals surface area contributed by atoms with Crippen molar-refractivity contribution in [2.45, 2.75) is 0 Å². The molecule has 4 nitrogen and oxygen atoms in total. The molecule has 0 radical (unpaired) electrons. The molecule has 0 fully saturated rings. The zero-order chi connectivity index (χ0) is 13.8. The average Bonchev–Trinajstić information content (AvgIpc) is 2.42. The van der Waals surface area contributed by atoms with Crippen LogP contribution in [0.1, 0.15) is 10.4 Å². The first-order valence-electron chi connectivity index (χ1n) is 5.54. The second kappa shape index (κ2) is 5.54. The van der Waals surface area contributed by atoms with Gasteiger partial charge in [-0.25, -0.2) is 9.69 Å². The number of para-hydroxylation sites is 1. The molecule has 0 bridgehead atoms. The van der Waals surface area contributed by atoms with Crippen LogP contribution in [-0.4, -0.2) is 11.9 Å². The minimum absolute atomic E-state index is 0.269. The Kier molecular flexibility index (Phi) is 3.82. The summed E-state index contributed by atoms with van der Waals surface area (Å²) in [6, 6.07) is 14.1. The predicted molar refractivity (Wildman–Crippen MR) is 74.3 cm³/mol. The number of primary amides is 1. The number of anilines is 1. The molecule has 0 unspecified atom stereocenters. The molecule has 2 rings (SSSR count). The number of hydrogen-bond donors (Lipinski definition) is 1. The highest BCUT2D eigenvalue weighted by atomic mass is 35.5. The SMILES string of the molecule is NC(=O)N(C(=O)c1ccccc1)c1ccccc1Cl. The topological polar surface area (TPSA) is 63.4 Å². The lowest BCUT2D eigenvalue weighted by Gasteiger charge is -2.19. The molecule has 2 aromatic rings. The Balaban J connectivity index is 2.45. The van der Waals surface area contributed by atoms with Gasteiger partial charge in [-0.15, -0.1) is 0 Å². The summed E-state index contributed by atoms with van der Waals surface area (Å²) in [5, 5.41) is 0.283. The average molecular weight is 275 g/mol. The lowest BCUT2D eigenvalue weighted by molar-refractivity contribution is 0.0995. The molecule has 2 N–H and O–H groups in total. The summed E-state index contributed by atoms with van der Waals surface area (Å²) in [5.74, 6) is -0.513. The Labute approximate surface area is 115 Å². The minimum atomic E-state index is -0.873. The van der Waals surface area contributed by atoms with Crippen LogP contribution in [0.25, 0.3) is 0 Å². The van der Waals surface area contributed by atoms with E-state index in [1.54, 1.807) is 54.6 Å². The molecule has 5 heteroatoms. The Bertz CT molecular complexity index is 614. The fourth-order valence-electron chi connectivity index (χ4n) is 1.67. The summed E-state index contributed by atoms with van der Waals surface area (Å²) < 4.78 is 0. The third-order valence-electron chi connectivity index (χ3n) is 2.54. The molecular formula is C14H11ClN2O2. The highest BCUT2D eigenvalue weighted by Gasteiger charge is 2.24. The summed E-state index contributed by atoms with van der Waals surface area (Å²) >= 11 is 5.99. The second-order valence-electron chi connectivity index (χ2n) is 3.80. The van der Waals surface area contributed by atoms with Crippen molar-refractivity contribution in [1.82, 2.24) is 0 Å². The molecule has 96 valence electrons. The molecule has 0 aliphatic rings. The molecule has 0 heterocycles. The summed E-state index contributed by atoms with van der Waals surface area (Å²) in [6.07, 6.45) is 0. The van der Waals surface area contributed by atoms with Crippen LogP contribution in [0.5, 0.6) is 0 Å². The Morgan fingerprint density at radius 3 is 2.11 bits per heavy atom. The van der Waals surface area contributed by atoms with Gasteiger partial charge in [-0.3, -0.25) is 4.79 Å². The van der Waals surface area contributed by atoms with Crippen LogP contribution in [0.2, 0.25) is 5.02 Å². The first-order chi connectivity index (χ1) is 9.11. The molecule has 0 saturated carbocycles. The van der Waals surface area contributed by atoms with Crippen molar-refractivity contribution in [1.29, 1.82) is 0 Å². The van der Waals surface area contributed by atoms with Gasteiger partial charge in [0.15, 0.2) is 0 Å². The molecular weight excluding hydrogens is 264 g/mol. The molecule has 0 spiro atoms. The predicted octanol–water partition coefficient (Wildman–Crippen LogP) is 3.07. The van der Waals surface area contributed by atoms with Gasteiger partial charge in [-0.05, 0) is 24.3 Å². The van der Waals surface area contributed by atoms with Gasteiger partial charge in [0.25, 0.3) is 5.91 Å². The maximum Gasteiger partial charge on any atom is 0.326 e. The summed E-state index contributed by atoms with van der Waals surface area (Å²) in [4.78, 5) is 24.7. The van der Waals surface area contributed by atoms with Crippen LogP contribution in [0, 0.1) is 0 Å². The van der Waals surface area contributed by atoms with Crippen molar-refractivity contribution in [3.05, 3.63) is 65.2 Å². The van der Waals surface area contributed by atoms with E-state index in [2.05, 4.69) is 0 Å². The molecule has 0 atom stereocenters. The number of carbonyl (C=O) groups excluding carboxylic acids is 2. The summed E-state index contributed by atoms with van der Waals surface area (Å²) in [6.45, 7) is 0. The van der Waals surface area contributed by atoms with Crippen molar-refractivity contribution in [2.24, 2.45) is 5.73 Å². The first kappa shape index (κ1) is 13.1. The fraction of sp³-hybridized carbons (Fsp3) is 0. The van der Waals surface area contributed by atoms with E-state index in [1.165, 1.54) is 0 Å². The van der Waals surface area contributed by atoms with Crippen LogP contribution in [0.4, 0.5) is 10.5 Å². The van der Waals surface area contributed by atoms with E-state index in [0.717, 1.165) is 4.90 Å². The standard InChI is InChI=1S/C14H11ClN2O2/c15-11-8-4-5-9-12(11)17(14(16)19)13(18)10-6-2-1-3-7-10/h1-9H,(H2,16,19). The van der Waals surface area contributed by atoms with E-state index in [4.69, 9.17) is 17.3 Å². The number of urea groups is 1. The Morgan fingerprint density at radius 1 is 0.947 bits per heavy atom. The fourth-order valence-corrected chi connectivity index (χ4v) is 1.89. The highest BCUT2D eigenvalue weighted by Crippen LogP contribution is 2.26. The molecule has 0 saturated heterocycles.